The third-order valence-electron chi connectivity index (χ3n) is 3.95. The van der Waals surface area contributed by atoms with E-state index in [-0.39, 0.29) is 0 Å². The summed E-state index contributed by atoms with van der Waals surface area (Å²) in [6.07, 6.45) is -16.0. The van der Waals surface area contributed by atoms with Crippen molar-refractivity contribution in [1.29, 1.82) is 0 Å². The molecule has 0 aromatic carbocycles. The predicted octanol–water partition coefficient (Wildman–Crippen LogP) is -4.57. The molecule has 0 aromatic heterocycles. The second-order valence-corrected chi connectivity index (χ2v) is 5.90. The monoisotopic (exact) mass is 368 g/mol. The van der Waals surface area contributed by atoms with Crippen molar-refractivity contribution >= 4 is 11.8 Å². The molecule has 1 heterocycles. The van der Waals surface area contributed by atoms with Crippen molar-refractivity contribution in [3.05, 3.63) is 0 Å². The summed E-state index contributed by atoms with van der Waals surface area (Å²) in [6, 6.07) is 0. The highest BCUT2D eigenvalue weighted by Gasteiger charge is 2.49. The summed E-state index contributed by atoms with van der Waals surface area (Å²) in [5.41, 5.74) is 0. The van der Waals surface area contributed by atoms with Gasteiger partial charge in [-0.05, 0) is 6.92 Å². The molecule has 0 spiro atoms. The molecule has 0 aliphatic carbocycles. The van der Waals surface area contributed by atoms with Crippen molar-refractivity contribution in [1.82, 2.24) is 0 Å². The first-order valence-corrected chi connectivity index (χ1v) is 7.58. The quantitative estimate of drug-likeness (QED) is 0.214. The minimum absolute atomic E-state index is 0.918. The van der Waals surface area contributed by atoms with Gasteiger partial charge in [-0.2, -0.15) is 0 Å². The van der Waals surface area contributed by atoms with Crippen LogP contribution in [0.3, 0.4) is 0 Å². The highest BCUT2D eigenvalue weighted by Crippen LogP contribution is 2.24. The minimum atomic E-state index is -2.14. The van der Waals surface area contributed by atoms with Crippen molar-refractivity contribution in [3.63, 3.8) is 0 Å². The van der Waals surface area contributed by atoms with E-state index in [9.17, 15) is 40.2 Å². The molecule has 0 amide bonds. The Morgan fingerprint density at radius 1 is 1.04 bits per heavy atom. The number of rotatable bonds is 7. The summed E-state index contributed by atoms with van der Waals surface area (Å²) in [6.45, 7) is 1.30. The van der Waals surface area contributed by atoms with Crippen LogP contribution in [0.25, 0.3) is 0 Å². The fraction of sp³-hybridized carbons (Fsp3) is 0.857. The number of carbonyl (C=O) groups is 2. The zero-order valence-corrected chi connectivity index (χ0v) is 13.7. The van der Waals surface area contributed by atoms with Gasteiger partial charge in [-0.25, -0.2) is 0 Å². The summed E-state index contributed by atoms with van der Waals surface area (Å²) >= 11 is 0. The van der Waals surface area contributed by atoms with E-state index in [4.69, 9.17) is 9.84 Å². The number of Topliss-reactive ketones (excluding diaryl/α,β-unsaturated/α-hetero) is 1. The van der Waals surface area contributed by atoms with Crippen molar-refractivity contribution in [2.45, 2.75) is 68.8 Å². The van der Waals surface area contributed by atoms with E-state index >= 15 is 0 Å². The Hall–Kier alpha value is -1.18. The van der Waals surface area contributed by atoms with E-state index in [1.165, 1.54) is 6.92 Å². The zero-order valence-electron chi connectivity index (χ0n) is 13.7. The molecule has 1 rings (SSSR count). The van der Waals surface area contributed by atoms with Gasteiger partial charge in [0.05, 0.1) is 12.7 Å². The van der Waals surface area contributed by atoms with Crippen LogP contribution in [0.4, 0.5) is 0 Å². The van der Waals surface area contributed by atoms with Gasteiger partial charge >= 0.3 is 5.97 Å². The molecule has 0 radical (unpaired) electrons. The molecule has 1 aliphatic rings. The molecular weight excluding hydrogens is 344 g/mol. The summed E-state index contributed by atoms with van der Waals surface area (Å²) in [5.74, 6) is -2.21. The van der Waals surface area contributed by atoms with E-state index < -0.39 is 73.3 Å². The van der Waals surface area contributed by atoms with Crippen molar-refractivity contribution in [2.24, 2.45) is 0 Å². The highest BCUT2D eigenvalue weighted by molar-refractivity contribution is 5.90. The lowest BCUT2D eigenvalue weighted by atomic mass is 9.89. The number of aliphatic hydroxyl groups excluding tert-OH is 7. The number of carbonyl (C=O) groups excluding carboxylic acids is 2. The lowest BCUT2D eigenvalue weighted by Gasteiger charge is -2.40. The Bertz CT molecular complexity index is 470. The Morgan fingerprint density at radius 2 is 1.60 bits per heavy atom. The first-order chi connectivity index (χ1) is 11.5. The van der Waals surface area contributed by atoms with E-state index in [1.807, 2.05) is 0 Å². The predicted molar refractivity (Wildman–Crippen MR) is 78.0 cm³/mol. The van der Waals surface area contributed by atoms with Gasteiger partial charge in [-0.1, -0.05) is 0 Å². The first kappa shape index (κ1) is 21.9. The van der Waals surface area contributed by atoms with Crippen LogP contribution in [0.1, 0.15) is 13.8 Å². The van der Waals surface area contributed by atoms with Crippen LogP contribution < -0.4 is 0 Å². The van der Waals surface area contributed by atoms with Gasteiger partial charge in [0.15, 0.2) is 6.10 Å². The van der Waals surface area contributed by atoms with Gasteiger partial charge in [-0.15, -0.1) is 0 Å². The molecule has 25 heavy (non-hydrogen) atoms. The zero-order chi connectivity index (χ0) is 19.5. The van der Waals surface area contributed by atoms with E-state index in [2.05, 4.69) is 4.74 Å². The van der Waals surface area contributed by atoms with Crippen molar-refractivity contribution < 1.29 is 54.8 Å². The molecule has 0 aromatic rings. The number of esters is 1. The third kappa shape index (κ3) is 4.92. The topological polar surface area (TPSA) is 194 Å². The van der Waals surface area contributed by atoms with E-state index in [1.54, 1.807) is 0 Å². The summed E-state index contributed by atoms with van der Waals surface area (Å²) in [4.78, 5) is 23.7. The molecule has 1 aliphatic heterocycles. The van der Waals surface area contributed by atoms with Crippen LogP contribution in [-0.4, -0.2) is 109 Å². The first-order valence-electron chi connectivity index (χ1n) is 7.58. The Labute approximate surface area is 143 Å². The number of ether oxygens (including phenoxy) is 2. The minimum Gasteiger partial charge on any atom is -0.452 e. The van der Waals surface area contributed by atoms with Crippen LogP contribution in [-0.2, 0) is 19.1 Å². The lowest BCUT2D eigenvalue weighted by molar-refractivity contribution is -0.223. The molecule has 9 atom stereocenters. The van der Waals surface area contributed by atoms with Crippen LogP contribution in [0.15, 0.2) is 0 Å². The van der Waals surface area contributed by atoms with Crippen LogP contribution >= 0.6 is 0 Å². The van der Waals surface area contributed by atoms with E-state index in [0.717, 1.165) is 6.92 Å². The average Bonchev–Trinajstić information content (AvgIpc) is 2.58. The standard InChI is InChI=1S/C14H24O11/c1-4-7(18)9(20)11(22)13(24-4)12(23)14(25-5(2)16)10(21)8(19)6(17)3-15/h4,6-11,13-15,17-22H,3H2,1-2H3/t4-,6+,7-,8-,9+,10-,11+,13?,14+/m0/s1. The van der Waals surface area contributed by atoms with Gasteiger partial charge in [0.2, 0.25) is 5.78 Å². The van der Waals surface area contributed by atoms with E-state index in [0.29, 0.717) is 0 Å². The molecule has 0 bridgehead atoms. The largest absolute Gasteiger partial charge is 0.452 e. The summed E-state index contributed by atoms with van der Waals surface area (Å²) in [5, 5.41) is 67.2. The Morgan fingerprint density at radius 3 is 2.08 bits per heavy atom. The van der Waals surface area contributed by atoms with Crippen molar-refractivity contribution in [2.75, 3.05) is 6.61 Å². The number of hydrogen-bond acceptors (Lipinski definition) is 11. The van der Waals surface area contributed by atoms with Crippen LogP contribution in [0, 0.1) is 0 Å². The van der Waals surface area contributed by atoms with Gasteiger partial charge in [0.25, 0.3) is 0 Å². The van der Waals surface area contributed by atoms with Gasteiger partial charge in [0.1, 0.15) is 42.7 Å². The average molecular weight is 368 g/mol. The molecule has 146 valence electrons. The fourth-order valence-corrected chi connectivity index (χ4v) is 2.44. The van der Waals surface area contributed by atoms with Gasteiger partial charge in [0, 0.05) is 6.92 Å². The van der Waals surface area contributed by atoms with Gasteiger partial charge < -0.3 is 45.2 Å². The maximum atomic E-state index is 12.5. The van der Waals surface area contributed by atoms with Gasteiger partial charge in [-0.3, -0.25) is 9.59 Å². The lowest BCUT2D eigenvalue weighted by Crippen LogP contribution is -2.62. The number of hydrogen-bond donors (Lipinski definition) is 7. The molecular formula is C14H24O11. The molecule has 1 saturated heterocycles. The summed E-state index contributed by atoms with van der Waals surface area (Å²) < 4.78 is 9.78. The SMILES string of the molecule is CC(=O)O[C@@H](C(=O)C1O[C@@H](C)[C@H](O)[C@@H](O)[C@H]1O)[C@@H](O)[C@@H](O)[C@H](O)CO. The molecule has 11 nitrogen and oxygen atoms in total. The number of aliphatic hydroxyl groups is 7. The second-order valence-electron chi connectivity index (χ2n) is 5.90. The maximum absolute atomic E-state index is 12.5. The molecule has 1 fully saturated rings. The Balaban J connectivity index is 3.05. The van der Waals surface area contributed by atoms with Crippen molar-refractivity contribution in [3.8, 4) is 0 Å². The highest BCUT2D eigenvalue weighted by atomic mass is 16.6. The Kier molecular flexibility index (Phi) is 7.84. The third-order valence-corrected chi connectivity index (χ3v) is 3.95. The molecule has 1 unspecified atom stereocenters. The van der Waals surface area contributed by atoms with Crippen LogP contribution in [0.5, 0.6) is 0 Å². The fourth-order valence-electron chi connectivity index (χ4n) is 2.44. The second kappa shape index (κ2) is 8.96. The normalized spacial score (nSPS) is 34.7. The number of ketones is 1. The summed E-state index contributed by atoms with van der Waals surface area (Å²) in [7, 11) is 0. The van der Waals surface area contributed by atoms with Crippen LogP contribution in [0.2, 0.25) is 0 Å². The molecule has 0 saturated carbocycles. The molecule has 11 heteroatoms. The smallest absolute Gasteiger partial charge is 0.303 e. The molecule has 7 N–H and O–H groups in total. The maximum Gasteiger partial charge on any atom is 0.303 e.